The Bertz CT molecular complexity index is 1510. The molecule has 0 spiro atoms. The molecule has 9 heteroatoms. The summed E-state index contributed by atoms with van der Waals surface area (Å²) >= 11 is 0. The fraction of sp³-hybridized carbons (Fsp3) is 0.964. The van der Waals surface area contributed by atoms with E-state index < -0.39 is 20.0 Å². The maximum absolute atomic E-state index is 13.1. The SMILES string of the molecule is CCCCCCCCCCCCCCCCCCCCCCCCCCCCCC/C=C/C(O)C(COP(=O)(O)OCC[N+](C)(C)C)NC(=O)CCCCCCCCCCCCCCCCCCCCCCCCCCCCCCCCCCCCCCCCCC. The number of phosphoric ester groups is 1. The second-order valence-corrected chi connectivity index (χ2v) is 32.0. The molecule has 0 rings (SSSR count). The molecule has 0 bridgehead atoms. The third-order valence-electron chi connectivity index (χ3n) is 20.0. The van der Waals surface area contributed by atoms with Crippen LogP contribution in [0.25, 0.3) is 0 Å². The molecule has 0 aromatic heterocycles. The Balaban J connectivity index is 3.88. The van der Waals surface area contributed by atoms with E-state index in [0.29, 0.717) is 17.4 Å². The molecule has 92 heavy (non-hydrogen) atoms. The molecule has 0 saturated heterocycles. The molecular formula is C83H168N2O6P+. The highest BCUT2D eigenvalue weighted by Crippen LogP contribution is 2.43. The van der Waals surface area contributed by atoms with E-state index in [9.17, 15) is 19.4 Å². The fourth-order valence-electron chi connectivity index (χ4n) is 13.5. The third kappa shape index (κ3) is 76.6. The molecule has 0 aliphatic carbocycles. The van der Waals surface area contributed by atoms with E-state index in [-0.39, 0.29) is 19.1 Å². The fourth-order valence-corrected chi connectivity index (χ4v) is 14.3. The van der Waals surface area contributed by atoms with E-state index in [4.69, 9.17) is 9.05 Å². The van der Waals surface area contributed by atoms with Crippen LogP contribution in [0.5, 0.6) is 0 Å². The standard InChI is InChI=1S/C83H167N2O6P/c1-6-8-10-12-14-16-18-20-22-24-26-28-30-32-34-36-38-39-40-41-42-43-44-45-46-47-49-51-53-55-57-59-61-63-65-67-69-71-73-75-77-83(87)84-81(80-91-92(88,89)90-79-78-85(3,4)5)82(86)76-74-72-70-68-66-64-62-60-58-56-54-52-50-48-37-35-33-31-29-27-25-23-21-19-17-15-13-11-9-7-2/h74,76,81-82,86H,6-73,75,77-80H2,1-5H3,(H-,84,87,88,89)/p+1/b76-74+. The Labute approximate surface area is 577 Å². The first-order valence-electron chi connectivity index (χ1n) is 42.1. The van der Waals surface area contributed by atoms with Crippen LogP contribution >= 0.6 is 7.82 Å². The van der Waals surface area contributed by atoms with Crippen LogP contribution in [0.4, 0.5) is 0 Å². The highest BCUT2D eigenvalue weighted by atomic mass is 31.2. The van der Waals surface area contributed by atoms with Crippen molar-refractivity contribution in [3.8, 4) is 0 Å². The van der Waals surface area contributed by atoms with Gasteiger partial charge in [0.1, 0.15) is 13.2 Å². The van der Waals surface area contributed by atoms with Crippen LogP contribution in [0.1, 0.15) is 463 Å². The van der Waals surface area contributed by atoms with Gasteiger partial charge in [-0.3, -0.25) is 13.8 Å². The summed E-state index contributed by atoms with van der Waals surface area (Å²) in [7, 11) is 1.60. The topological polar surface area (TPSA) is 105 Å². The number of hydrogen-bond donors (Lipinski definition) is 3. The molecule has 0 aliphatic heterocycles. The van der Waals surface area contributed by atoms with Crippen molar-refractivity contribution in [2.24, 2.45) is 0 Å². The number of aliphatic hydroxyl groups excluding tert-OH is 1. The second-order valence-electron chi connectivity index (χ2n) is 30.6. The first kappa shape index (κ1) is 91.2. The molecule has 0 aliphatic rings. The Morgan fingerprint density at radius 2 is 0.576 bits per heavy atom. The molecule has 0 saturated carbocycles. The maximum atomic E-state index is 13.1. The number of unbranched alkanes of at least 4 members (excludes halogenated alkanes) is 67. The number of amides is 1. The largest absolute Gasteiger partial charge is 0.472 e. The lowest BCUT2D eigenvalue weighted by Gasteiger charge is -2.25. The second kappa shape index (κ2) is 74.5. The predicted molar refractivity (Wildman–Crippen MR) is 406 cm³/mol. The predicted octanol–water partition coefficient (Wildman–Crippen LogP) is 27.6. The average Bonchev–Trinajstić information content (AvgIpc) is 3.24. The molecule has 0 aromatic rings. The molecular weight excluding hydrogens is 1150 g/mol. The number of hydrogen-bond acceptors (Lipinski definition) is 5. The van der Waals surface area contributed by atoms with Gasteiger partial charge in [-0.2, -0.15) is 0 Å². The van der Waals surface area contributed by atoms with Gasteiger partial charge in [0, 0.05) is 6.42 Å². The van der Waals surface area contributed by atoms with E-state index >= 15 is 0 Å². The van der Waals surface area contributed by atoms with Gasteiger partial charge < -0.3 is 19.8 Å². The van der Waals surface area contributed by atoms with Crippen LogP contribution in [0.3, 0.4) is 0 Å². The van der Waals surface area contributed by atoms with Crippen molar-refractivity contribution in [3.05, 3.63) is 12.2 Å². The van der Waals surface area contributed by atoms with E-state index in [1.807, 2.05) is 27.2 Å². The quantitative estimate of drug-likeness (QED) is 0.0243. The summed E-state index contributed by atoms with van der Waals surface area (Å²) in [5.74, 6) is -0.165. The van der Waals surface area contributed by atoms with E-state index in [0.717, 1.165) is 32.1 Å². The Morgan fingerprint density at radius 3 is 0.804 bits per heavy atom. The molecule has 1 amide bonds. The van der Waals surface area contributed by atoms with Gasteiger partial charge in [-0.05, 0) is 19.3 Å². The monoisotopic (exact) mass is 1320 g/mol. The third-order valence-corrected chi connectivity index (χ3v) is 21.0. The summed E-state index contributed by atoms with van der Waals surface area (Å²) in [6.07, 6.45) is 98.7. The number of carbonyl (C=O) groups is 1. The number of nitrogens with one attached hydrogen (secondary N) is 1. The lowest BCUT2D eigenvalue weighted by Crippen LogP contribution is -2.45. The normalized spacial score (nSPS) is 13.4. The lowest BCUT2D eigenvalue weighted by atomic mass is 10.0. The summed E-state index contributed by atoms with van der Waals surface area (Å²) < 4.78 is 23.9. The van der Waals surface area contributed by atoms with Gasteiger partial charge >= 0.3 is 7.82 Å². The molecule has 0 heterocycles. The van der Waals surface area contributed by atoms with Crippen molar-refractivity contribution < 1.29 is 32.9 Å². The minimum absolute atomic E-state index is 0.0657. The molecule has 3 N–H and O–H groups in total. The van der Waals surface area contributed by atoms with Crippen LogP contribution in [0.15, 0.2) is 12.2 Å². The zero-order valence-corrected chi connectivity index (χ0v) is 64.2. The molecule has 0 fully saturated rings. The molecule has 550 valence electrons. The van der Waals surface area contributed by atoms with Gasteiger partial charge in [-0.1, -0.05) is 450 Å². The number of quaternary nitrogens is 1. The van der Waals surface area contributed by atoms with Gasteiger partial charge in [0.05, 0.1) is 39.9 Å². The summed E-state index contributed by atoms with van der Waals surface area (Å²) in [5, 5.41) is 14.1. The first-order valence-corrected chi connectivity index (χ1v) is 43.6. The number of nitrogens with zero attached hydrogens (tertiary/aromatic N) is 1. The van der Waals surface area contributed by atoms with E-state index in [2.05, 4.69) is 19.2 Å². The Kier molecular flexibility index (Phi) is 73.8. The number of rotatable bonds is 80. The highest BCUT2D eigenvalue weighted by Gasteiger charge is 2.28. The van der Waals surface area contributed by atoms with Crippen LogP contribution in [0, 0.1) is 0 Å². The van der Waals surface area contributed by atoms with Gasteiger partial charge in [-0.25, -0.2) is 4.57 Å². The minimum atomic E-state index is -4.35. The minimum Gasteiger partial charge on any atom is -0.387 e. The number of aliphatic hydroxyl groups is 1. The van der Waals surface area contributed by atoms with Gasteiger partial charge in [0.2, 0.25) is 5.91 Å². The smallest absolute Gasteiger partial charge is 0.387 e. The van der Waals surface area contributed by atoms with Crippen LogP contribution in [-0.4, -0.2) is 73.4 Å². The molecule has 3 atom stereocenters. The summed E-state index contributed by atoms with van der Waals surface area (Å²) in [4.78, 5) is 23.5. The first-order chi connectivity index (χ1) is 45.0. The van der Waals surface area contributed by atoms with Crippen LogP contribution in [-0.2, 0) is 18.4 Å². The van der Waals surface area contributed by atoms with Crippen LogP contribution < -0.4 is 5.32 Å². The average molecular weight is 1320 g/mol. The maximum Gasteiger partial charge on any atom is 0.472 e. The van der Waals surface area contributed by atoms with Crippen molar-refractivity contribution in [2.45, 2.75) is 475 Å². The van der Waals surface area contributed by atoms with Crippen molar-refractivity contribution >= 4 is 13.7 Å². The number of phosphoric acid groups is 1. The lowest BCUT2D eigenvalue weighted by molar-refractivity contribution is -0.870. The summed E-state index contributed by atoms with van der Waals surface area (Å²) in [6.45, 7) is 4.90. The number of carbonyl (C=O) groups excluding carboxylic acids is 1. The molecule has 0 radical (unpaired) electrons. The van der Waals surface area contributed by atoms with Gasteiger partial charge in [0.15, 0.2) is 0 Å². The zero-order chi connectivity index (χ0) is 66.9. The van der Waals surface area contributed by atoms with E-state index in [1.165, 1.54) is 411 Å². The van der Waals surface area contributed by atoms with Crippen molar-refractivity contribution in [3.63, 3.8) is 0 Å². The van der Waals surface area contributed by atoms with Crippen molar-refractivity contribution in [1.82, 2.24) is 5.32 Å². The molecule has 0 aromatic carbocycles. The van der Waals surface area contributed by atoms with Gasteiger partial charge in [0.25, 0.3) is 0 Å². The van der Waals surface area contributed by atoms with Crippen LogP contribution in [0.2, 0.25) is 0 Å². The zero-order valence-electron chi connectivity index (χ0n) is 63.4. The highest BCUT2D eigenvalue weighted by molar-refractivity contribution is 7.47. The molecule has 3 unspecified atom stereocenters. The van der Waals surface area contributed by atoms with Gasteiger partial charge in [-0.15, -0.1) is 0 Å². The Hall–Kier alpha value is -0.760. The summed E-state index contributed by atoms with van der Waals surface area (Å²) in [6, 6.07) is -0.845. The van der Waals surface area contributed by atoms with Crippen molar-refractivity contribution in [2.75, 3.05) is 40.9 Å². The Morgan fingerprint density at radius 1 is 0.359 bits per heavy atom. The van der Waals surface area contributed by atoms with E-state index in [1.54, 1.807) is 6.08 Å². The number of likely N-dealkylation sites (N-methyl/N-ethyl adjacent to an activating group) is 1. The van der Waals surface area contributed by atoms with Crippen molar-refractivity contribution in [1.29, 1.82) is 0 Å². The molecule has 8 nitrogen and oxygen atoms in total. The number of allylic oxidation sites excluding steroid dienone is 1. The summed E-state index contributed by atoms with van der Waals surface area (Å²) in [5.41, 5.74) is 0.